The molecule has 0 atom stereocenters. The average Bonchev–Trinajstić information content (AvgIpc) is 2.50. The first-order valence-corrected chi connectivity index (χ1v) is 7.00. The molecule has 4 N–H and O–H groups in total. The maximum atomic E-state index is 10.3. The van der Waals surface area contributed by atoms with E-state index < -0.39 is 4.92 Å². The summed E-state index contributed by atoms with van der Waals surface area (Å²) in [6, 6.07) is 5.99. The fourth-order valence-electron chi connectivity index (χ4n) is 1.59. The number of nitrogens with one attached hydrogen (secondary N) is 1. The number of pyridine rings is 2. The Bertz CT molecular complexity index is 714. The van der Waals surface area contributed by atoms with Crippen LogP contribution in [0.1, 0.15) is 13.8 Å². The fourth-order valence-corrected chi connectivity index (χ4v) is 1.59. The second-order valence-electron chi connectivity index (χ2n) is 4.32. The van der Waals surface area contributed by atoms with E-state index in [4.69, 9.17) is 10.9 Å². The number of nitrogen functional groups attached to an aromatic ring is 1. The minimum absolute atomic E-state index is 0.0856. The highest BCUT2D eigenvalue weighted by molar-refractivity contribution is 5.48. The Morgan fingerprint density at radius 2 is 2.17 bits per heavy atom. The molecule has 0 bridgehead atoms. The highest BCUT2D eigenvalue weighted by Gasteiger charge is 2.04. The Morgan fingerprint density at radius 1 is 1.43 bits per heavy atom. The summed E-state index contributed by atoms with van der Waals surface area (Å²) in [5, 5.41) is 22.5. The normalized spacial score (nSPS) is 10.6. The van der Waals surface area contributed by atoms with Crippen molar-refractivity contribution in [1.29, 1.82) is 0 Å². The molecular weight excluding hydrogens is 300 g/mol. The van der Waals surface area contributed by atoms with E-state index in [1.54, 1.807) is 19.2 Å². The highest BCUT2D eigenvalue weighted by atomic mass is 16.6. The molecule has 0 radical (unpaired) electrons. The van der Waals surface area contributed by atoms with Gasteiger partial charge in [0.05, 0.1) is 17.2 Å². The number of nitro groups is 1. The molecule has 23 heavy (non-hydrogen) atoms. The van der Waals surface area contributed by atoms with E-state index in [1.807, 2.05) is 13.0 Å². The lowest BCUT2D eigenvalue weighted by atomic mass is 10.4. The van der Waals surface area contributed by atoms with E-state index in [9.17, 15) is 10.1 Å². The zero-order valence-electron chi connectivity index (χ0n) is 13.0. The number of hydrogen-bond acceptors (Lipinski definition) is 7. The van der Waals surface area contributed by atoms with Crippen molar-refractivity contribution in [2.45, 2.75) is 13.8 Å². The van der Waals surface area contributed by atoms with Crippen molar-refractivity contribution < 1.29 is 10.1 Å². The molecule has 0 aliphatic carbocycles. The monoisotopic (exact) mass is 320 g/mol. The second-order valence-corrected chi connectivity index (χ2v) is 4.32. The summed E-state index contributed by atoms with van der Waals surface area (Å²) in [5.41, 5.74) is 6.34. The zero-order chi connectivity index (χ0) is 17.2. The first-order valence-electron chi connectivity index (χ1n) is 7.00. The lowest BCUT2D eigenvalue weighted by Gasteiger charge is -2.00. The van der Waals surface area contributed by atoms with Gasteiger partial charge in [-0.05, 0) is 19.9 Å². The van der Waals surface area contributed by atoms with Crippen LogP contribution < -0.4 is 16.5 Å². The number of rotatable bonds is 4. The van der Waals surface area contributed by atoms with Crippen LogP contribution in [0.5, 0.6) is 0 Å². The molecule has 0 amide bonds. The van der Waals surface area contributed by atoms with Gasteiger partial charge in [0.25, 0.3) is 5.69 Å². The van der Waals surface area contributed by atoms with Gasteiger partial charge in [-0.1, -0.05) is 0 Å². The van der Waals surface area contributed by atoms with Gasteiger partial charge in [0.1, 0.15) is 5.82 Å². The lowest BCUT2D eigenvalue weighted by molar-refractivity contribution is -0.385. The molecule has 2 heterocycles. The van der Waals surface area contributed by atoms with E-state index in [2.05, 4.69) is 15.3 Å². The quantitative estimate of drug-likeness (QED) is 0.446. The standard InChI is InChI=1S/C7H9N3O3.C7H11N3/c1-2-8-7-5-6(10(12)13)3-4-9(7)11;1-2-9-7-5-6(8)3-4-10-7/h3-5,11H,2H2,1H3;3-5H,2H2,1H3,(H3,8,9,10). The number of aromatic nitrogens is 2. The molecule has 9 heteroatoms. The SMILES string of the molecule is CCN=c1cc([N+](=O)[O-])ccn1O.CCNc1cc(N)ccn1. The van der Waals surface area contributed by atoms with Crippen molar-refractivity contribution >= 4 is 17.2 Å². The van der Waals surface area contributed by atoms with Crippen LogP contribution in [0.15, 0.2) is 41.7 Å². The Labute approximate surface area is 133 Å². The molecule has 0 unspecified atom stereocenters. The summed E-state index contributed by atoms with van der Waals surface area (Å²) < 4.78 is 0.747. The first kappa shape index (κ1) is 18.0. The molecule has 2 aromatic heterocycles. The van der Waals surface area contributed by atoms with Gasteiger partial charge in [-0.2, -0.15) is 4.73 Å². The molecule has 0 aliphatic rings. The summed E-state index contributed by atoms with van der Waals surface area (Å²) in [6.07, 6.45) is 2.87. The van der Waals surface area contributed by atoms with Gasteiger partial charge in [-0.3, -0.25) is 15.1 Å². The number of anilines is 2. The molecule has 2 aromatic rings. The van der Waals surface area contributed by atoms with E-state index in [1.165, 1.54) is 18.3 Å². The Kier molecular flexibility index (Phi) is 7.05. The predicted octanol–water partition coefficient (Wildman–Crippen LogP) is 1.65. The van der Waals surface area contributed by atoms with Crippen LogP contribution in [-0.2, 0) is 0 Å². The van der Waals surface area contributed by atoms with Gasteiger partial charge in [-0.15, -0.1) is 0 Å². The van der Waals surface area contributed by atoms with Crippen molar-refractivity contribution in [2.75, 3.05) is 24.1 Å². The molecule has 2 rings (SSSR count). The van der Waals surface area contributed by atoms with Crippen molar-refractivity contribution in [1.82, 2.24) is 9.71 Å². The predicted molar refractivity (Wildman–Crippen MR) is 87.2 cm³/mol. The van der Waals surface area contributed by atoms with Crippen molar-refractivity contribution in [3.8, 4) is 0 Å². The molecule has 0 spiro atoms. The Hall–Kier alpha value is -3.10. The molecule has 9 nitrogen and oxygen atoms in total. The third kappa shape index (κ3) is 6.04. The topological polar surface area (TPSA) is 132 Å². The lowest BCUT2D eigenvalue weighted by Crippen LogP contribution is -2.18. The number of nitrogens with two attached hydrogens (primary N) is 1. The molecule has 0 saturated heterocycles. The van der Waals surface area contributed by atoms with E-state index in [0.717, 1.165) is 22.8 Å². The largest absolute Gasteiger partial charge is 0.427 e. The minimum Gasteiger partial charge on any atom is -0.427 e. The van der Waals surface area contributed by atoms with Gasteiger partial charge in [0.2, 0.25) is 0 Å². The average molecular weight is 320 g/mol. The summed E-state index contributed by atoms with van der Waals surface area (Å²) in [7, 11) is 0. The van der Waals surface area contributed by atoms with Crippen molar-refractivity contribution in [3.63, 3.8) is 0 Å². The van der Waals surface area contributed by atoms with Gasteiger partial charge in [0.15, 0.2) is 5.49 Å². The van der Waals surface area contributed by atoms with Crippen LogP contribution in [0.2, 0.25) is 0 Å². The maximum absolute atomic E-state index is 10.3. The van der Waals surface area contributed by atoms with Crippen LogP contribution in [0.25, 0.3) is 0 Å². The van der Waals surface area contributed by atoms with Crippen molar-refractivity contribution in [3.05, 3.63) is 52.3 Å². The molecule has 124 valence electrons. The Morgan fingerprint density at radius 3 is 2.74 bits per heavy atom. The van der Waals surface area contributed by atoms with E-state index >= 15 is 0 Å². The Balaban J connectivity index is 0.000000238. The minimum atomic E-state index is -0.533. The summed E-state index contributed by atoms with van der Waals surface area (Å²) in [5.74, 6) is 0.836. The molecule has 0 fully saturated rings. The third-order valence-corrected chi connectivity index (χ3v) is 2.57. The van der Waals surface area contributed by atoms with Crippen LogP contribution in [0.3, 0.4) is 0 Å². The van der Waals surface area contributed by atoms with Crippen LogP contribution in [0.4, 0.5) is 17.2 Å². The number of nitrogens with zero attached hydrogens (tertiary/aromatic N) is 4. The summed E-state index contributed by atoms with van der Waals surface area (Å²) in [4.78, 5) is 17.7. The molecular formula is C14H20N6O3. The van der Waals surface area contributed by atoms with Crippen molar-refractivity contribution in [2.24, 2.45) is 4.99 Å². The van der Waals surface area contributed by atoms with Gasteiger partial charge >= 0.3 is 0 Å². The molecule has 0 aliphatic heterocycles. The molecule has 0 saturated carbocycles. The van der Waals surface area contributed by atoms with Gasteiger partial charge in [0, 0.05) is 37.1 Å². The maximum Gasteiger partial charge on any atom is 0.274 e. The van der Waals surface area contributed by atoms with Gasteiger partial charge in [-0.25, -0.2) is 4.98 Å². The van der Waals surface area contributed by atoms with Crippen LogP contribution >= 0.6 is 0 Å². The highest BCUT2D eigenvalue weighted by Crippen LogP contribution is 2.06. The first-order chi connectivity index (χ1) is 11.0. The zero-order valence-corrected chi connectivity index (χ0v) is 13.0. The third-order valence-electron chi connectivity index (χ3n) is 2.57. The van der Waals surface area contributed by atoms with Gasteiger partial charge < -0.3 is 16.3 Å². The van der Waals surface area contributed by atoms with E-state index in [-0.39, 0.29) is 11.2 Å². The fraction of sp³-hybridized carbons (Fsp3) is 0.286. The second kappa shape index (κ2) is 9.03. The molecule has 0 aromatic carbocycles. The summed E-state index contributed by atoms with van der Waals surface area (Å²) in [6.45, 7) is 5.13. The number of hydrogen-bond donors (Lipinski definition) is 3. The van der Waals surface area contributed by atoms with Crippen LogP contribution in [0, 0.1) is 10.1 Å². The smallest absolute Gasteiger partial charge is 0.274 e. The van der Waals surface area contributed by atoms with E-state index in [0.29, 0.717) is 6.54 Å². The summed E-state index contributed by atoms with van der Waals surface area (Å²) >= 11 is 0. The van der Waals surface area contributed by atoms with Crippen LogP contribution in [-0.4, -0.2) is 32.9 Å².